The summed E-state index contributed by atoms with van der Waals surface area (Å²) in [6.07, 6.45) is 1.21. The molecule has 5 heteroatoms. The molecule has 0 fully saturated rings. The predicted molar refractivity (Wildman–Crippen MR) is 64.1 cm³/mol. The van der Waals surface area contributed by atoms with E-state index in [0.717, 1.165) is 11.1 Å². The molecule has 0 saturated carbocycles. The SMILES string of the molecule is Cc1c([C@@H](C)N)cccc1S(C)(=O)=O.Cl. The summed E-state index contributed by atoms with van der Waals surface area (Å²) in [6.45, 7) is 3.63. The van der Waals surface area contributed by atoms with Crippen LogP contribution in [0.3, 0.4) is 0 Å². The first-order valence-electron chi connectivity index (χ1n) is 4.39. The van der Waals surface area contributed by atoms with Gasteiger partial charge in [0, 0.05) is 12.3 Å². The van der Waals surface area contributed by atoms with Gasteiger partial charge in [-0.25, -0.2) is 8.42 Å². The second kappa shape index (κ2) is 4.96. The Labute approximate surface area is 97.0 Å². The van der Waals surface area contributed by atoms with E-state index in [1.807, 2.05) is 13.0 Å². The lowest BCUT2D eigenvalue weighted by molar-refractivity contribution is 0.601. The van der Waals surface area contributed by atoms with E-state index in [1.165, 1.54) is 6.26 Å². The normalized spacial score (nSPS) is 13.1. The van der Waals surface area contributed by atoms with Gasteiger partial charge in [-0.3, -0.25) is 0 Å². The topological polar surface area (TPSA) is 60.2 Å². The van der Waals surface area contributed by atoms with Gasteiger partial charge in [-0.15, -0.1) is 12.4 Å². The molecule has 0 aromatic heterocycles. The monoisotopic (exact) mass is 249 g/mol. The summed E-state index contributed by atoms with van der Waals surface area (Å²) in [5.41, 5.74) is 7.37. The van der Waals surface area contributed by atoms with E-state index < -0.39 is 9.84 Å². The van der Waals surface area contributed by atoms with Gasteiger partial charge in [0.05, 0.1) is 4.90 Å². The molecule has 0 amide bonds. The molecule has 0 spiro atoms. The number of hydrogen-bond donors (Lipinski definition) is 1. The van der Waals surface area contributed by atoms with Crippen molar-refractivity contribution in [3.8, 4) is 0 Å². The second-order valence-electron chi connectivity index (χ2n) is 3.53. The standard InChI is InChI=1S/C10H15NO2S.ClH/c1-7-9(8(2)11)5-4-6-10(7)14(3,12)13;/h4-6,8H,11H2,1-3H3;1H/t8-;/m1./s1. The number of nitrogens with two attached hydrogens (primary N) is 1. The Bertz CT molecular complexity index is 441. The number of halogens is 1. The average Bonchev–Trinajstić information content (AvgIpc) is 2.01. The van der Waals surface area contributed by atoms with E-state index >= 15 is 0 Å². The van der Waals surface area contributed by atoms with Crippen LogP contribution < -0.4 is 5.73 Å². The Hall–Kier alpha value is -0.580. The molecule has 3 nitrogen and oxygen atoms in total. The van der Waals surface area contributed by atoms with Crippen molar-refractivity contribution in [2.75, 3.05) is 6.26 Å². The zero-order valence-corrected chi connectivity index (χ0v) is 10.7. The Balaban J connectivity index is 0.00000196. The molecule has 1 atom stereocenters. The van der Waals surface area contributed by atoms with Gasteiger partial charge in [0.2, 0.25) is 0 Å². The summed E-state index contributed by atoms with van der Waals surface area (Å²) in [7, 11) is -3.15. The van der Waals surface area contributed by atoms with Gasteiger partial charge in [-0.05, 0) is 31.0 Å². The molecule has 0 aliphatic heterocycles. The molecule has 0 aliphatic carbocycles. The van der Waals surface area contributed by atoms with Gasteiger partial charge in [0.1, 0.15) is 0 Å². The van der Waals surface area contributed by atoms with Gasteiger partial charge >= 0.3 is 0 Å². The van der Waals surface area contributed by atoms with Gasteiger partial charge in [0.25, 0.3) is 0 Å². The molecule has 1 rings (SSSR count). The Morgan fingerprint density at radius 3 is 2.27 bits per heavy atom. The number of rotatable bonds is 2. The molecule has 0 bridgehead atoms. The van der Waals surface area contributed by atoms with E-state index in [1.54, 1.807) is 19.1 Å². The third kappa shape index (κ3) is 3.19. The van der Waals surface area contributed by atoms with Gasteiger partial charge in [0.15, 0.2) is 9.84 Å². The lowest BCUT2D eigenvalue weighted by Crippen LogP contribution is -2.10. The largest absolute Gasteiger partial charge is 0.324 e. The highest BCUT2D eigenvalue weighted by molar-refractivity contribution is 7.90. The van der Waals surface area contributed by atoms with Crippen molar-refractivity contribution in [3.05, 3.63) is 29.3 Å². The molecule has 1 aromatic rings. The molecule has 0 radical (unpaired) electrons. The molecular weight excluding hydrogens is 234 g/mol. The third-order valence-electron chi connectivity index (χ3n) is 2.22. The molecule has 0 heterocycles. The Morgan fingerprint density at radius 1 is 1.33 bits per heavy atom. The van der Waals surface area contributed by atoms with Crippen LogP contribution in [0, 0.1) is 6.92 Å². The Morgan fingerprint density at radius 2 is 1.87 bits per heavy atom. The van der Waals surface area contributed by atoms with Crippen molar-refractivity contribution in [2.24, 2.45) is 5.73 Å². The van der Waals surface area contributed by atoms with Crippen molar-refractivity contribution in [1.82, 2.24) is 0 Å². The van der Waals surface area contributed by atoms with Crippen LogP contribution in [0.5, 0.6) is 0 Å². The van der Waals surface area contributed by atoms with Crippen LogP contribution in [0.25, 0.3) is 0 Å². The first kappa shape index (κ1) is 14.4. The van der Waals surface area contributed by atoms with Crippen LogP contribution >= 0.6 is 12.4 Å². The average molecular weight is 250 g/mol. The first-order chi connectivity index (χ1) is 6.34. The third-order valence-corrected chi connectivity index (χ3v) is 3.46. The van der Waals surface area contributed by atoms with Crippen molar-refractivity contribution in [3.63, 3.8) is 0 Å². The molecule has 1 aromatic carbocycles. The number of sulfone groups is 1. The van der Waals surface area contributed by atoms with E-state index in [-0.39, 0.29) is 18.4 Å². The van der Waals surface area contributed by atoms with E-state index in [2.05, 4.69) is 0 Å². The van der Waals surface area contributed by atoms with Gasteiger partial charge in [-0.2, -0.15) is 0 Å². The van der Waals surface area contributed by atoms with Crippen LogP contribution in [0.15, 0.2) is 23.1 Å². The molecule has 15 heavy (non-hydrogen) atoms. The minimum absolute atomic E-state index is 0. The van der Waals surface area contributed by atoms with Crippen LogP contribution in [-0.4, -0.2) is 14.7 Å². The maximum Gasteiger partial charge on any atom is 0.175 e. The maximum absolute atomic E-state index is 11.4. The van der Waals surface area contributed by atoms with Crippen molar-refractivity contribution >= 4 is 22.2 Å². The summed E-state index contributed by atoms with van der Waals surface area (Å²) in [5.74, 6) is 0. The highest BCUT2D eigenvalue weighted by Gasteiger charge is 2.14. The van der Waals surface area contributed by atoms with Crippen molar-refractivity contribution < 1.29 is 8.42 Å². The van der Waals surface area contributed by atoms with Gasteiger partial charge < -0.3 is 5.73 Å². The zero-order chi connectivity index (χ0) is 10.9. The first-order valence-corrected chi connectivity index (χ1v) is 6.28. The van der Waals surface area contributed by atoms with Crippen LogP contribution in [-0.2, 0) is 9.84 Å². The van der Waals surface area contributed by atoms with Crippen molar-refractivity contribution in [2.45, 2.75) is 24.8 Å². The maximum atomic E-state index is 11.4. The van der Waals surface area contributed by atoms with Gasteiger partial charge in [-0.1, -0.05) is 12.1 Å². The molecule has 86 valence electrons. The quantitative estimate of drug-likeness (QED) is 0.870. The highest BCUT2D eigenvalue weighted by atomic mass is 35.5. The van der Waals surface area contributed by atoms with Crippen LogP contribution in [0.2, 0.25) is 0 Å². The lowest BCUT2D eigenvalue weighted by Gasteiger charge is -2.12. The fraction of sp³-hybridized carbons (Fsp3) is 0.400. The summed E-state index contributed by atoms with van der Waals surface area (Å²) >= 11 is 0. The molecule has 2 N–H and O–H groups in total. The summed E-state index contributed by atoms with van der Waals surface area (Å²) in [5, 5.41) is 0. The number of hydrogen-bond acceptors (Lipinski definition) is 3. The lowest BCUT2D eigenvalue weighted by atomic mass is 10.0. The highest BCUT2D eigenvalue weighted by Crippen LogP contribution is 2.22. The fourth-order valence-corrected chi connectivity index (χ4v) is 2.53. The van der Waals surface area contributed by atoms with E-state index in [9.17, 15) is 8.42 Å². The van der Waals surface area contributed by atoms with E-state index in [4.69, 9.17) is 5.73 Å². The molecule has 0 unspecified atom stereocenters. The summed E-state index contributed by atoms with van der Waals surface area (Å²) in [6, 6.07) is 5.05. The smallest absolute Gasteiger partial charge is 0.175 e. The zero-order valence-electron chi connectivity index (χ0n) is 9.02. The van der Waals surface area contributed by atoms with Crippen LogP contribution in [0.4, 0.5) is 0 Å². The molecule has 0 aliphatic rings. The summed E-state index contributed by atoms with van der Waals surface area (Å²) in [4.78, 5) is 0.368. The second-order valence-corrected chi connectivity index (χ2v) is 5.52. The summed E-state index contributed by atoms with van der Waals surface area (Å²) < 4.78 is 22.8. The predicted octanol–water partition coefficient (Wildman–Crippen LogP) is 1.84. The fourth-order valence-electron chi connectivity index (χ4n) is 1.53. The minimum Gasteiger partial charge on any atom is -0.324 e. The minimum atomic E-state index is -3.15. The number of benzene rings is 1. The molecule has 0 saturated heterocycles. The van der Waals surface area contributed by atoms with Crippen LogP contribution in [0.1, 0.15) is 24.1 Å². The van der Waals surface area contributed by atoms with Crippen molar-refractivity contribution in [1.29, 1.82) is 0 Å². The molecular formula is C10H16ClNO2S. The van der Waals surface area contributed by atoms with E-state index in [0.29, 0.717) is 4.90 Å². The Kier molecular flexibility index (Phi) is 4.77.